The maximum Gasteiger partial charge on any atom is 0.161 e. The first-order valence-electron chi connectivity index (χ1n) is 6.42. The Morgan fingerprint density at radius 2 is 1.89 bits per heavy atom. The molecule has 0 N–H and O–H groups in total. The van der Waals surface area contributed by atoms with Crippen molar-refractivity contribution in [1.82, 2.24) is 15.0 Å². The van der Waals surface area contributed by atoms with Crippen molar-refractivity contribution in [1.29, 1.82) is 0 Å². The minimum absolute atomic E-state index is 0.469. The molecule has 0 atom stereocenters. The molecule has 0 spiro atoms. The lowest BCUT2D eigenvalue weighted by molar-refractivity contribution is 0.875. The molecule has 0 fully saturated rings. The Kier molecular flexibility index (Phi) is 2.95. The number of hydrogen-bond donors (Lipinski definition) is 0. The van der Waals surface area contributed by atoms with E-state index in [9.17, 15) is 0 Å². The maximum atomic E-state index is 4.64. The standard InChI is InChI=1S/C16H15N3/c1-11(2)13-6-3-7-15-14(13)10-18-16(19-15)12-5-4-8-17-9-12/h3-11H,1-2H3. The summed E-state index contributed by atoms with van der Waals surface area (Å²) >= 11 is 0. The second-order valence-electron chi connectivity index (χ2n) is 4.87. The van der Waals surface area contributed by atoms with E-state index in [1.54, 1.807) is 12.4 Å². The predicted octanol–water partition coefficient (Wildman–Crippen LogP) is 3.82. The van der Waals surface area contributed by atoms with E-state index in [-0.39, 0.29) is 0 Å². The molecule has 2 aromatic heterocycles. The number of pyridine rings is 1. The van der Waals surface area contributed by atoms with Gasteiger partial charge in [0.25, 0.3) is 0 Å². The third-order valence-electron chi connectivity index (χ3n) is 3.20. The van der Waals surface area contributed by atoms with E-state index in [1.807, 2.05) is 24.4 Å². The molecule has 0 aliphatic carbocycles. The lowest BCUT2D eigenvalue weighted by atomic mass is 9.99. The summed E-state index contributed by atoms with van der Waals surface area (Å²) < 4.78 is 0. The summed E-state index contributed by atoms with van der Waals surface area (Å²) in [6, 6.07) is 10.1. The molecular weight excluding hydrogens is 234 g/mol. The molecule has 0 saturated heterocycles. The van der Waals surface area contributed by atoms with Gasteiger partial charge < -0.3 is 0 Å². The fraction of sp³-hybridized carbons (Fsp3) is 0.188. The van der Waals surface area contributed by atoms with Gasteiger partial charge >= 0.3 is 0 Å². The van der Waals surface area contributed by atoms with Crippen molar-refractivity contribution in [2.75, 3.05) is 0 Å². The van der Waals surface area contributed by atoms with Gasteiger partial charge in [0.05, 0.1) is 5.52 Å². The second kappa shape index (κ2) is 4.76. The second-order valence-corrected chi connectivity index (χ2v) is 4.87. The molecule has 3 nitrogen and oxygen atoms in total. The van der Waals surface area contributed by atoms with E-state index in [1.165, 1.54) is 5.56 Å². The van der Waals surface area contributed by atoms with Crippen molar-refractivity contribution in [3.63, 3.8) is 0 Å². The first-order chi connectivity index (χ1) is 9.25. The fourth-order valence-corrected chi connectivity index (χ4v) is 2.21. The van der Waals surface area contributed by atoms with Gasteiger partial charge in [0.15, 0.2) is 5.82 Å². The lowest BCUT2D eigenvalue weighted by Gasteiger charge is -2.09. The quantitative estimate of drug-likeness (QED) is 0.693. The molecule has 0 bridgehead atoms. The highest BCUT2D eigenvalue weighted by molar-refractivity contribution is 5.83. The lowest BCUT2D eigenvalue weighted by Crippen LogP contribution is -1.94. The highest BCUT2D eigenvalue weighted by Gasteiger charge is 2.08. The summed E-state index contributed by atoms with van der Waals surface area (Å²) in [5.74, 6) is 1.19. The molecule has 0 unspecified atom stereocenters. The molecule has 3 heteroatoms. The summed E-state index contributed by atoms with van der Waals surface area (Å²) in [6.45, 7) is 4.37. The van der Waals surface area contributed by atoms with Crippen molar-refractivity contribution >= 4 is 10.9 Å². The Bertz CT molecular complexity index is 706. The SMILES string of the molecule is CC(C)c1cccc2nc(-c3cccnc3)ncc12. The molecule has 3 rings (SSSR count). The van der Waals surface area contributed by atoms with Crippen LogP contribution in [0.1, 0.15) is 25.3 Å². The van der Waals surface area contributed by atoms with E-state index in [0.29, 0.717) is 5.92 Å². The minimum atomic E-state index is 0.469. The largest absolute Gasteiger partial charge is 0.264 e. The third kappa shape index (κ3) is 2.19. The maximum absolute atomic E-state index is 4.64. The highest BCUT2D eigenvalue weighted by Crippen LogP contribution is 2.25. The molecule has 3 aromatic rings. The average Bonchev–Trinajstić information content (AvgIpc) is 2.47. The molecule has 2 heterocycles. The molecule has 0 radical (unpaired) electrons. The van der Waals surface area contributed by atoms with Gasteiger partial charge in [-0.15, -0.1) is 0 Å². The zero-order valence-corrected chi connectivity index (χ0v) is 11.0. The van der Waals surface area contributed by atoms with E-state index in [0.717, 1.165) is 22.3 Å². The van der Waals surface area contributed by atoms with Crippen LogP contribution in [0.2, 0.25) is 0 Å². The van der Waals surface area contributed by atoms with Gasteiger partial charge in [0, 0.05) is 29.5 Å². The van der Waals surface area contributed by atoms with E-state index in [2.05, 4.69) is 40.9 Å². The van der Waals surface area contributed by atoms with Gasteiger partial charge in [0.1, 0.15) is 0 Å². The van der Waals surface area contributed by atoms with E-state index >= 15 is 0 Å². The number of fused-ring (bicyclic) bond motifs is 1. The van der Waals surface area contributed by atoms with Gasteiger partial charge in [0.2, 0.25) is 0 Å². The Morgan fingerprint density at radius 1 is 1.00 bits per heavy atom. The van der Waals surface area contributed by atoms with Gasteiger partial charge in [-0.3, -0.25) is 4.98 Å². The number of benzene rings is 1. The van der Waals surface area contributed by atoms with Crippen LogP contribution in [-0.4, -0.2) is 15.0 Å². The van der Waals surface area contributed by atoms with Crippen molar-refractivity contribution in [2.45, 2.75) is 19.8 Å². The Hall–Kier alpha value is -2.29. The van der Waals surface area contributed by atoms with Crippen LogP contribution in [0.5, 0.6) is 0 Å². The molecule has 19 heavy (non-hydrogen) atoms. The summed E-state index contributed by atoms with van der Waals surface area (Å²) in [4.78, 5) is 13.2. The third-order valence-corrected chi connectivity index (χ3v) is 3.20. The zero-order chi connectivity index (χ0) is 13.2. The summed E-state index contributed by atoms with van der Waals surface area (Å²) in [5.41, 5.74) is 3.22. The van der Waals surface area contributed by atoms with Crippen molar-refractivity contribution in [2.24, 2.45) is 0 Å². The Morgan fingerprint density at radius 3 is 2.63 bits per heavy atom. The van der Waals surface area contributed by atoms with Crippen LogP contribution in [-0.2, 0) is 0 Å². The monoisotopic (exact) mass is 249 g/mol. The molecule has 0 aliphatic rings. The normalized spacial score (nSPS) is 11.1. The van der Waals surface area contributed by atoms with Gasteiger partial charge in [-0.25, -0.2) is 9.97 Å². The van der Waals surface area contributed by atoms with Crippen LogP contribution in [0.4, 0.5) is 0 Å². The Labute approximate surface area is 112 Å². The highest BCUT2D eigenvalue weighted by atomic mass is 14.9. The van der Waals surface area contributed by atoms with Crippen LogP contribution in [0.3, 0.4) is 0 Å². The Balaban J connectivity index is 2.18. The summed E-state index contributed by atoms with van der Waals surface area (Å²) in [6.07, 6.45) is 5.45. The number of aromatic nitrogens is 3. The zero-order valence-electron chi connectivity index (χ0n) is 11.0. The van der Waals surface area contributed by atoms with E-state index < -0.39 is 0 Å². The van der Waals surface area contributed by atoms with Crippen molar-refractivity contribution in [3.05, 3.63) is 54.5 Å². The number of nitrogens with zero attached hydrogens (tertiary/aromatic N) is 3. The van der Waals surface area contributed by atoms with Crippen LogP contribution in [0.25, 0.3) is 22.3 Å². The van der Waals surface area contributed by atoms with Gasteiger partial charge in [-0.2, -0.15) is 0 Å². The fourth-order valence-electron chi connectivity index (χ4n) is 2.21. The van der Waals surface area contributed by atoms with E-state index in [4.69, 9.17) is 0 Å². The predicted molar refractivity (Wildman–Crippen MR) is 76.9 cm³/mol. The molecule has 1 aromatic carbocycles. The first kappa shape index (κ1) is 11.8. The van der Waals surface area contributed by atoms with Crippen molar-refractivity contribution in [3.8, 4) is 11.4 Å². The van der Waals surface area contributed by atoms with Gasteiger partial charge in [-0.05, 0) is 29.7 Å². The average molecular weight is 249 g/mol. The molecule has 0 amide bonds. The van der Waals surface area contributed by atoms with Crippen LogP contribution < -0.4 is 0 Å². The molecule has 0 saturated carbocycles. The summed E-state index contributed by atoms with van der Waals surface area (Å²) in [7, 11) is 0. The topological polar surface area (TPSA) is 38.7 Å². The van der Waals surface area contributed by atoms with Gasteiger partial charge in [-0.1, -0.05) is 26.0 Å². The minimum Gasteiger partial charge on any atom is -0.264 e. The molecule has 0 aliphatic heterocycles. The molecular formula is C16H15N3. The van der Waals surface area contributed by atoms with Crippen LogP contribution >= 0.6 is 0 Å². The smallest absolute Gasteiger partial charge is 0.161 e. The number of hydrogen-bond acceptors (Lipinski definition) is 3. The number of rotatable bonds is 2. The van der Waals surface area contributed by atoms with Crippen LogP contribution in [0.15, 0.2) is 48.9 Å². The molecule has 94 valence electrons. The summed E-state index contributed by atoms with van der Waals surface area (Å²) in [5, 5.41) is 1.13. The van der Waals surface area contributed by atoms with Crippen molar-refractivity contribution < 1.29 is 0 Å². The first-order valence-corrected chi connectivity index (χ1v) is 6.42. The van der Waals surface area contributed by atoms with Crippen LogP contribution in [0, 0.1) is 0 Å².